The van der Waals surface area contributed by atoms with E-state index in [2.05, 4.69) is 25.3 Å². The van der Waals surface area contributed by atoms with Crippen molar-refractivity contribution in [2.24, 2.45) is 0 Å². The molecule has 190 valence electrons. The van der Waals surface area contributed by atoms with Gasteiger partial charge in [-0.15, -0.1) is 11.3 Å². The van der Waals surface area contributed by atoms with Gasteiger partial charge in [0.15, 0.2) is 10.9 Å². The standard InChI is InChI=1S/C22H23N5O6S3/c1-31-17-11-16(24-21(25-17)33-3)27-36(29,30)13-9-7-12(8-10-13)23-22(34)26-19-18(20(28)32-2)14-5-4-6-15(14)35-19/h7-11H,4-6H2,1-3H3,(H2,23,26,34)(H,24,25,27). The molecule has 0 atom stereocenters. The Morgan fingerprint density at radius 3 is 2.47 bits per heavy atom. The summed E-state index contributed by atoms with van der Waals surface area (Å²) >= 11 is 6.90. The Bertz CT molecular complexity index is 1380. The van der Waals surface area contributed by atoms with Crippen molar-refractivity contribution in [1.29, 1.82) is 0 Å². The minimum absolute atomic E-state index is 0.00413. The molecule has 0 saturated carbocycles. The second-order valence-electron chi connectivity index (χ2n) is 7.54. The summed E-state index contributed by atoms with van der Waals surface area (Å²) in [6.07, 6.45) is 2.76. The molecule has 4 rings (SSSR count). The molecule has 1 aliphatic rings. The third kappa shape index (κ3) is 5.50. The number of fused-ring (bicyclic) bond motifs is 1. The zero-order valence-electron chi connectivity index (χ0n) is 19.6. The highest BCUT2D eigenvalue weighted by Crippen LogP contribution is 2.39. The van der Waals surface area contributed by atoms with Gasteiger partial charge in [-0.1, -0.05) is 0 Å². The summed E-state index contributed by atoms with van der Waals surface area (Å²) in [6.45, 7) is 0. The van der Waals surface area contributed by atoms with Gasteiger partial charge in [-0.05, 0) is 61.3 Å². The molecule has 14 heteroatoms. The van der Waals surface area contributed by atoms with Crippen molar-refractivity contribution in [2.45, 2.75) is 24.2 Å². The Morgan fingerprint density at radius 1 is 1.06 bits per heavy atom. The normalized spacial score (nSPS) is 12.4. The van der Waals surface area contributed by atoms with Gasteiger partial charge < -0.3 is 24.8 Å². The fourth-order valence-corrected chi connectivity index (χ4v) is 6.20. The predicted octanol–water partition coefficient (Wildman–Crippen LogP) is 3.44. The summed E-state index contributed by atoms with van der Waals surface area (Å²) in [4.78, 5) is 21.4. The highest BCUT2D eigenvalue weighted by molar-refractivity contribution is 7.92. The topological polar surface area (TPSA) is 141 Å². The van der Waals surface area contributed by atoms with E-state index < -0.39 is 16.0 Å². The number of aromatic nitrogens is 2. The Kier molecular flexibility index (Phi) is 7.56. The number of methoxy groups -OCH3 is 3. The highest BCUT2D eigenvalue weighted by atomic mass is 32.2. The molecule has 0 bridgehead atoms. The molecule has 0 aliphatic heterocycles. The minimum Gasteiger partial charge on any atom is -0.481 e. The van der Waals surface area contributed by atoms with Gasteiger partial charge in [0.05, 0.1) is 31.8 Å². The van der Waals surface area contributed by atoms with E-state index in [1.807, 2.05) is 0 Å². The first kappa shape index (κ1) is 25.6. The number of anilines is 3. The van der Waals surface area contributed by atoms with Gasteiger partial charge in [-0.2, -0.15) is 9.97 Å². The highest BCUT2D eigenvalue weighted by Gasteiger charge is 2.27. The number of sulfonamides is 1. The number of rotatable bonds is 8. The Balaban J connectivity index is 1.45. The Labute approximate surface area is 217 Å². The first-order valence-corrected chi connectivity index (χ1v) is 13.4. The lowest BCUT2D eigenvalue weighted by molar-refractivity contribution is 0.0601. The molecule has 3 aromatic rings. The summed E-state index contributed by atoms with van der Waals surface area (Å²) in [5.74, 6) is -0.261. The van der Waals surface area contributed by atoms with Crippen LogP contribution < -0.4 is 24.8 Å². The summed E-state index contributed by atoms with van der Waals surface area (Å²) in [6, 6.07) is 7.27. The molecular formula is C22H23N5O6S3. The quantitative estimate of drug-likeness (QED) is 0.281. The van der Waals surface area contributed by atoms with Crippen LogP contribution in [0.2, 0.25) is 0 Å². The first-order chi connectivity index (χ1) is 17.2. The molecule has 0 radical (unpaired) electrons. The molecule has 0 amide bonds. The lowest BCUT2D eigenvalue weighted by Crippen LogP contribution is -2.20. The largest absolute Gasteiger partial charge is 0.481 e. The van der Waals surface area contributed by atoms with E-state index in [-0.39, 0.29) is 27.7 Å². The first-order valence-electron chi connectivity index (χ1n) is 10.6. The average Bonchev–Trinajstić information content (AvgIpc) is 3.44. The number of thiophene rings is 1. The van der Waals surface area contributed by atoms with Crippen molar-refractivity contribution in [1.82, 2.24) is 9.97 Å². The molecule has 1 aliphatic carbocycles. The number of nitrogens with zero attached hydrogens (tertiary/aromatic N) is 2. The fourth-order valence-electron chi connectivity index (χ4n) is 3.64. The van der Waals surface area contributed by atoms with E-state index >= 15 is 0 Å². The predicted molar refractivity (Wildman–Crippen MR) is 140 cm³/mol. The van der Waals surface area contributed by atoms with Crippen LogP contribution in [0.25, 0.3) is 0 Å². The van der Waals surface area contributed by atoms with Gasteiger partial charge in [0.1, 0.15) is 5.00 Å². The van der Waals surface area contributed by atoms with Crippen LogP contribution in [0.5, 0.6) is 11.9 Å². The van der Waals surface area contributed by atoms with Crippen LogP contribution >= 0.6 is 23.6 Å². The summed E-state index contributed by atoms with van der Waals surface area (Å²) in [7, 11) is 0.156. The molecule has 0 fully saturated rings. The van der Waals surface area contributed by atoms with E-state index in [9.17, 15) is 13.2 Å². The Hall–Kier alpha value is -3.49. The van der Waals surface area contributed by atoms with Crippen LogP contribution in [-0.4, -0.2) is 50.8 Å². The van der Waals surface area contributed by atoms with Gasteiger partial charge >= 0.3 is 12.0 Å². The molecule has 2 aromatic heterocycles. The van der Waals surface area contributed by atoms with E-state index in [1.165, 1.54) is 50.9 Å². The van der Waals surface area contributed by atoms with Crippen molar-refractivity contribution < 1.29 is 27.4 Å². The van der Waals surface area contributed by atoms with Crippen molar-refractivity contribution in [3.8, 4) is 11.9 Å². The molecule has 0 spiro atoms. The number of benzene rings is 1. The van der Waals surface area contributed by atoms with Gasteiger partial charge in [0, 0.05) is 16.6 Å². The maximum Gasteiger partial charge on any atom is 0.341 e. The van der Waals surface area contributed by atoms with Crippen molar-refractivity contribution in [3.05, 3.63) is 46.3 Å². The number of hydrogen-bond acceptors (Lipinski definition) is 10. The lowest BCUT2D eigenvalue weighted by Gasteiger charge is -2.12. The number of carbonyl (C=O) groups is 1. The summed E-state index contributed by atoms with van der Waals surface area (Å²) in [5, 5.41) is 6.96. The van der Waals surface area contributed by atoms with Crippen molar-refractivity contribution in [3.63, 3.8) is 0 Å². The SMILES string of the molecule is COC(=O)c1c(NC(=S)Nc2ccc(S(=O)(=O)Nc3cc(OC)nc(OC)n3)cc2)sc2c1CCC2. The van der Waals surface area contributed by atoms with Gasteiger partial charge in [-0.25, -0.2) is 13.2 Å². The van der Waals surface area contributed by atoms with Crippen molar-refractivity contribution >= 4 is 61.2 Å². The van der Waals surface area contributed by atoms with Crippen LogP contribution in [0, 0.1) is 0 Å². The number of nitrogens with one attached hydrogen (secondary N) is 3. The second-order valence-corrected chi connectivity index (χ2v) is 10.7. The average molecular weight is 550 g/mol. The molecule has 0 saturated heterocycles. The van der Waals surface area contributed by atoms with Crippen LogP contribution in [0.15, 0.2) is 35.2 Å². The zero-order valence-corrected chi connectivity index (χ0v) is 22.0. The number of hydrogen-bond donors (Lipinski definition) is 3. The number of aryl methyl sites for hydroxylation is 1. The number of thiocarbonyl (C=S) groups is 1. The second kappa shape index (κ2) is 10.6. The minimum atomic E-state index is -3.95. The van der Waals surface area contributed by atoms with E-state index in [4.69, 9.17) is 26.4 Å². The number of ether oxygens (including phenoxy) is 3. The smallest absolute Gasteiger partial charge is 0.341 e. The molecule has 3 N–H and O–H groups in total. The molecule has 1 aromatic carbocycles. The Morgan fingerprint density at radius 2 is 1.81 bits per heavy atom. The maximum atomic E-state index is 12.8. The lowest BCUT2D eigenvalue weighted by atomic mass is 10.1. The van der Waals surface area contributed by atoms with Gasteiger partial charge in [-0.3, -0.25) is 4.72 Å². The van der Waals surface area contributed by atoms with Crippen LogP contribution in [0.1, 0.15) is 27.2 Å². The molecule has 0 unspecified atom stereocenters. The molecular weight excluding hydrogens is 526 g/mol. The van der Waals surface area contributed by atoms with Crippen LogP contribution in [0.3, 0.4) is 0 Å². The van der Waals surface area contributed by atoms with Crippen LogP contribution in [-0.2, 0) is 27.6 Å². The number of carbonyl (C=O) groups excluding carboxylic acids is 1. The number of esters is 1. The summed E-state index contributed by atoms with van der Waals surface area (Å²) in [5.41, 5.74) is 2.09. The third-order valence-corrected chi connectivity index (χ3v) is 8.06. The van der Waals surface area contributed by atoms with Crippen molar-refractivity contribution in [2.75, 3.05) is 36.7 Å². The fraction of sp³-hybridized carbons (Fsp3) is 0.273. The van der Waals surface area contributed by atoms with Crippen LogP contribution in [0.4, 0.5) is 16.5 Å². The van der Waals surface area contributed by atoms with E-state index in [1.54, 1.807) is 12.1 Å². The molecule has 11 nitrogen and oxygen atoms in total. The summed E-state index contributed by atoms with van der Waals surface area (Å²) < 4.78 is 43.0. The van der Waals surface area contributed by atoms with E-state index in [0.29, 0.717) is 16.3 Å². The third-order valence-electron chi connectivity index (χ3n) is 5.27. The maximum absolute atomic E-state index is 12.8. The van der Waals surface area contributed by atoms with Gasteiger partial charge in [0.2, 0.25) is 5.88 Å². The van der Waals surface area contributed by atoms with Gasteiger partial charge in [0.25, 0.3) is 10.0 Å². The molecule has 2 heterocycles. The zero-order chi connectivity index (χ0) is 25.9. The molecule has 36 heavy (non-hydrogen) atoms. The monoisotopic (exact) mass is 549 g/mol. The van der Waals surface area contributed by atoms with E-state index in [0.717, 1.165) is 29.7 Å².